The molecule has 0 N–H and O–H groups in total. The molecule has 1 aromatic rings. The van der Waals surface area contributed by atoms with Crippen LogP contribution in [0.15, 0.2) is 17.0 Å². The molecule has 2 rings (SSSR count). The van der Waals surface area contributed by atoms with E-state index in [1.807, 2.05) is 6.92 Å². The fraction of sp³-hybridized carbons (Fsp3) is 0.571. The molecule has 6 nitrogen and oxygen atoms in total. The lowest BCUT2D eigenvalue weighted by Crippen LogP contribution is -2.39. The fourth-order valence-corrected chi connectivity index (χ4v) is 4.37. The largest absolute Gasteiger partial charge is 0.273 e. The third-order valence-corrected chi connectivity index (χ3v) is 5.91. The molecule has 0 aliphatic carbocycles. The van der Waals surface area contributed by atoms with Crippen LogP contribution in [-0.2, 0) is 10.0 Å². The summed E-state index contributed by atoms with van der Waals surface area (Å²) in [5.41, 5.74) is 0.984. The van der Waals surface area contributed by atoms with Gasteiger partial charge in [-0.25, -0.2) is 8.42 Å². The van der Waals surface area contributed by atoms with Crippen LogP contribution in [0.3, 0.4) is 0 Å². The smallest absolute Gasteiger partial charge is 0.258 e. The molecule has 0 radical (unpaired) electrons. The Hall–Kier alpha value is -1.47. The van der Waals surface area contributed by atoms with Crippen LogP contribution in [0.4, 0.5) is 5.69 Å². The molecule has 1 aliphatic rings. The van der Waals surface area contributed by atoms with Crippen molar-refractivity contribution in [3.8, 4) is 0 Å². The van der Waals surface area contributed by atoms with Gasteiger partial charge in [0.25, 0.3) is 5.69 Å². The molecule has 116 valence electrons. The first kappa shape index (κ1) is 15.9. The zero-order valence-electron chi connectivity index (χ0n) is 12.5. The van der Waals surface area contributed by atoms with Gasteiger partial charge in [-0.2, -0.15) is 4.31 Å². The topological polar surface area (TPSA) is 80.5 Å². The molecule has 0 aromatic heterocycles. The molecule has 1 heterocycles. The Morgan fingerprint density at radius 3 is 2.57 bits per heavy atom. The van der Waals surface area contributed by atoms with Crippen molar-refractivity contribution in [3.63, 3.8) is 0 Å². The van der Waals surface area contributed by atoms with Gasteiger partial charge in [-0.15, -0.1) is 0 Å². The van der Waals surface area contributed by atoms with E-state index in [2.05, 4.69) is 0 Å². The maximum atomic E-state index is 12.7. The van der Waals surface area contributed by atoms with Crippen molar-refractivity contribution in [1.82, 2.24) is 4.31 Å². The van der Waals surface area contributed by atoms with Crippen molar-refractivity contribution in [3.05, 3.63) is 33.4 Å². The number of piperidine rings is 1. The lowest BCUT2D eigenvalue weighted by atomic mass is 10.0. The van der Waals surface area contributed by atoms with Crippen molar-refractivity contribution in [2.45, 2.75) is 38.5 Å². The van der Waals surface area contributed by atoms with Crippen LogP contribution in [0.5, 0.6) is 0 Å². The molecule has 1 fully saturated rings. The summed E-state index contributed by atoms with van der Waals surface area (Å²) < 4.78 is 26.8. The molecule has 0 amide bonds. The van der Waals surface area contributed by atoms with Crippen LogP contribution in [0.1, 0.15) is 30.9 Å². The Labute approximate surface area is 125 Å². The van der Waals surface area contributed by atoms with Crippen LogP contribution in [0.25, 0.3) is 0 Å². The fourth-order valence-electron chi connectivity index (χ4n) is 2.66. The van der Waals surface area contributed by atoms with Gasteiger partial charge in [-0.1, -0.05) is 6.92 Å². The predicted molar refractivity (Wildman–Crippen MR) is 79.7 cm³/mol. The quantitative estimate of drug-likeness (QED) is 0.634. The van der Waals surface area contributed by atoms with Crippen molar-refractivity contribution < 1.29 is 13.3 Å². The van der Waals surface area contributed by atoms with Gasteiger partial charge in [-0.3, -0.25) is 10.1 Å². The summed E-state index contributed by atoms with van der Waals surface area (Å²) in [4.78, 5) is 10.6. The zero-order chi connectivity index (χ0) is 15.8. The highest BCUT2D eigenvalue weighted by Gasteiger charge is 2.30. The van der Waals surface area contributed by atoms with Gasteiger partial charge >= 0.3 is 0 Å². The third kappa shape index (κ3) is 3.08. The maximum absolute atomic E-state index is 12.7. The molecule has 1 aromatic carbocycles. The number of rotatable bonds is 3. The van der Waals surface area contributed by atoms with Crippen molar-refractivity contribution in [1.29, 1.82) is 0 Å². The Morgan fingerprint density at radius 2 is 2.00 bits per heavy atom. The Balaban J connectivity index is 2.47. The highest BCUT2D eigenvalue weighted by atomic mass is 32.2. The molecule has 21 heavy (non-hydrogen) atoms. The molecular formula is C14H20N2O4S. The van der Waals surface area contributed by atoms with E-state index in [4.69, 9.17) is 0 Å². The summed E-state index contributed by atoms with van der Waals surface area (Å²) in [5.74, 6) is 0.315. The monoisotopic (exact) mass is 312 g/mol. The second-order valence-corrected chi connectivity index (χ2v) is 7.69. The van der Waals surface area contributed by atoms with Gasteiger partial charge in [0, 0.05) is 24.7 Å². The van der Waals surface area contributed by atoms with E-state index in [1.54, 1.807) is 13.8 Å². The standard InChI is InChI=1S/C14H20N2O4S/c1-10-5-4-6-15(9-10)21(19,20)13-7-11(2)12(3)14(8-13)16(17)18/h7-8,10H,4-6,9H2,1-3H3/t10-/m0/s1. The van der Waals surface area contributed by atoms with Gasteiger partial charge in [0.05, 0.1) is 9.82 Å². The second-order valence-electron chi connectivity index (χ2n) is 5.75. The average Bonchev–Trinajstić information content (AvgIpc) is 2.41. The van der Waals surface area contributed by atoms with E-state index >= 15 is 0 Å². The molecule has 7 heteroatoms. The SMILES string of the molecule is Cc1cc(S(=O)(=O)N2CCC[C@H](C)C2)cc([N+](=O)[O-])c1C. The first-order chi connectivity index (χ1) is 9.73. The van der Waals surface area contributed by atoms with E-state index in [9.17, 15) is 18.5 Å². The third-order valence-electron chi connectivity index (χ3n) is 4.07. The molecular weight excluding hydrogens is 292 g/mol. The van der Waals surface area contributed by atoms with Crippen LogP contribution < -0.4 is 0 Å². The number of hydrogen-bond donors (Lipinski definition) is 0. The normalized spacial score (nSPS) is 20.4. The highest BCUT2D eigenvalue weighted by molar-refractivity contribution is 7.89. The number of nitrogens with zero attached hydrogens (tertiary/aromatic N) is 2. The lowest BCUT2D eigenvalue weighted by molar-refractivity contribution is -0.385. The van der Waals surface area contributed by atoms with E-state index in [0.717, 1.165) is 12.8 Å². The Morgan fingerprint density at radius 1 is 1.33 bits per heavy atom. The Kier molecular flexibility index (Phi) is 4.34. The van der Waals surface area contributed by atoms with E-state index in [1.165, 1.54) is 16.4 Å². The minimum atomic E-state index is -3.66. The lowest BCUT2D eigenvalue weighted by Gasteiger charge is -2.30. The highest BCUT2D eigenvalue weighted by Crippen LogP contribution is 2.29. The van der Waals surface area contributed by atoms with Crippen molar-refractivity contribution >= 4 is 15.7 Å². The number of nitro groups is 1. The minimum Gasteiger partial charge on any atom is -0.258 e. The van der Waals surface area contributed by atoms with Gasteiger partial charge < -0.3 is 0 Å². The maximum Gasteiger partial charge on any atom is 0.273 e. The predicted octanol–water partition coefficient (Wildman–Crippen LogP) is 2.63. The van der Waals surface area contributed by atoms with Gasteiger partial charge in [0.1, 0.15) is 0 Å². The number of sulfonamides is 1. The van der Waals surface area contributed by atoms with Gasteiger partial charge in [0.2, 0.25) is 10.0 Å². The number of hydrogen-bond acceptors (Lipinski definition) is 4. The van der Waals surface area contributed by atoms with E-state index in [0.29, 0.717) is 30.1 Å². The molecule has 0 bridgehead atoms. The van der Waals surface area contributed by atoms with Crippen LogP contribution in [0.2, 0.25) is 0 Å². The van der Waals surface area contributed by atoms with Crippen molar-refractivity contribution in [2.24, 2.45) is 5.92 Å². The number of benzene rings is 1. The van der Waals surface area contributed by atoms with E-state index < -0.39 is 14.9 Å². The van der Waals surface area contributed by atoms with Crippen LogP contribution in [0, 0.1) is 29.9 Å². The zero-order valence-corrected chi connectivity index (χ0v) is 13.3. The van der Waals surface area contributed by atoms with Crippen molar-refractivity contribution in [2.75, 3.05) is 13.1 Å². The summed E-state index contributed by atoms with van der Waals surface area (Å²) in [5, 5.41) is 11.1. The molecule has 0 unspecified atom stereocenters. The average molecular weight is 312 g/mol. The number of nitro benzene ring substituents is 1. The second kappa shape index (κ2) is 5.73. The summed E-state index contributed by atoms with van der Waals surface area (Å²) in [6, 6.07) is 2.70. The molecule has 0 spiro atoms. The Bertz CT molecular complexity index is 670. The molecule has 0 saturated carbocycles. The number of aryl methyl sites for hydroxylation is 1. The first-order valence-electron chi connectivity index (χ1n) is 6.99. The van der Waals surface area contributed by atoms with Crippen LogP contribution >= 0.6 is 0 Å². The summed E-state index contributed by atoms with van der Waals surface area (Å²) in [6.45, 7) is 6.30. The minimum absolute atomic E-state index is 0.0198. The summed E-state index contributed by atoms with van der Waals surface area (Å²) >= 11 is 0. The van der Waals surface area contributed by atoms with Gasteiger partial charge in [-0.05, 0) is 44.2 Å². The first-order valence-corrected chi connectivity index (χ1v) is 8.43. The summed E-state index contributed by atoms with van der Waals surface area (Å²) in [6.07, 6.45) is 1.84. The van der Waals surface area contributed by atoms with E-state index in [-0.39, 0.29) is 10.6 Å². The molecule has 1 aliphatic heterocycles. The summed E-state index contributed by atoms with van der Waals surface area (Å²) in [7, 11) is -3.66. The molecule has 1 atom stereocenters. The van der Waals surface area contributed by atoms with Gasteiger partial charge in [0.15, 0.2) is 0 Å². The van der Waals surface area contributed by atoms with Crippen LogP contribution in [-0.4, -0.2) is 30.7 Å². The molecule has 1 saturated heterocycles.